The lowest BCUT2D eigenvalue weighted by Crippen LogP contribution is -2.19. The minimum Gasteiger partial charge on any atom is -0.468 e. The number of rotatable bonds is 5. The first-order valence-electron chi connectivity index (χ1n) is 8.50. The summed E-state index contributed by atoms with van der Waals surface area (Å²) in [5.41, 5.74) is 0.658. The molecule has 4 rings (SSSR count). The number of methoxy groups -OCH3 is 1. The molecule has 0 bridgehead atoms. The summed E-state index contributed by atoms with van der Waals surface area (Å²) in [5.74, 6) is -0.972. The molecule has 156 valence electrons. The molecule has 0 spiro atoms. The van der Waals surface area contributed by atoms with E-state index in [1.807, 2.05) is 0 Å². The Morgan fingerprint density at radius 2 is 1.72 bits per heavy atom. The normalized spacial score (nSPS) is 13.7. The summed E-state index contributed by atoms with van der Waals surface area (Å²) < 4.78 is 73.4. The maximum Gasteiger partial charge on any atom is 0.422 e. The zero-order valence-electron chi connectivity index (χ0n) is 15.2. The van der Waals surface area contributed by atoms with Crippen LogP contribution in [-0.2, 0) is 10.8 Å². The van der Waals surface area contributed by atoms with Gasteiger partial charge in [0, 0.05) is 31.1 Å². The van der Waals surface area contributed by atoms with Crippen molar-refractivity contribution in [3.8, 4) is 17.1 Å². The van der Waals surface area contributed by atoms with Gasteiger partial charge in [-0.2, -0.15) is 22.0 Å². The zero-order valence-corrected chi connectivity index (χ0v) is 15.2. The van der Waals surface area contributed by atoms with E-state index in [9.17, 15) is 22.0 Å². The molecule has 3 heterocycles. The van der Waals surface area contributed by atoms with Gasteiger partial charge in [-0.1, -0.05) is 19.3 Å². The second-order valence-corrected chi connectivity index (χ2v) is 6.09. The Morgan fingerprint density at radius 1 is 1.00 bits per heavy atom. The lowest BCUT2D eigenvalue weighted by Gasteiger charge is -2.12. The van der Waals surface area contributed by atoms with Gasteiger partial charge in [0.2, 0.25) is 11.7 Å². The molecule has 0 aliphatic heterocycles. The lowest BCUT2D eigenvalue weighted by atomic mass is 10.2. The summed E-state index contributed by atoms with van der Waals surface area (Å²) in [5, 5.41) is 6.97. The number of nitrogens with zero attached hydrogens (tertiary/aromatic N) is 5. The number of hydrogen-bond acceptors (Lipinski definition) is 6. The van der Waals surface area contributed by atoms with Gasteiger partial charge in [-0.05, 0) is 6.07 Å². The molecule has 1 aliphatic carbocycles. The number of alkyl halides is 5. The van der Waals surface area contributed by atoms with Gasteiger partial charge >= 0.3 is 12.3 Å². The minimum atomic E-state index is -4.48. The molecule has 3 aromatic heterocycles. The first-order chi connectivity index (χ1) is 13.7. The van der Waals surface area contributed by atoms with E-state index in [1.54, 1.807) is 0 Å². The number of ether oxygens (including phenoxy) is 2. The average molecular weight is 417 g/mol. The van der Waals surface area contributed by atoms with Crippen LogP contribution in [0.4, 0.5) is 22.0 Å². The number of halogens is 5. The van der Waals surface area contributed by atoms with E-state index in [4.69, 9.17) is 0 Å². The van der Waals surface area contributed by atoms with E-state index < -0.39 is 24.7 Å². The molecule has 0 saturated heterocycles. The Morgan fingerprint density at radius 3 is 2.28 bits per heavy atom. The van der Waals surface area contributed by atoms with E-state index >= 15 is 0 Å². The zero-order chi connectivity index (χ0) is 21.1. The van der Waals surface area contributed by atoms with Crippen molar-refractivity contribution in [1.82, 2.24) is 24.6 Å². The van der Waals surface area contributed by atoms with Crippen LogP contribution >= 0.6 is 0 Å². The quantitative estimate of drug-likeness (QED) is 0.585. The summed E-state index contributed by atoms with van der Waals surface area (Å²) in [7, 11) is 0.826. The Bertz CT molecular complexity index is 954. The predicted molar refractivity (Wildman–Crippen MR) is 90.3 cm³/mol. The lowest BCUT2D eigenvalue weighted by molar-refractivity contribution is -0.237. The summed E-state index contributed by atoms with van der Waals surface area (Å²) in [4.78, 5) is 7.78. The average Bonchev–Trinajstić information content (AvgIpc) is 3.51. The maximum atomic E-state index is 13.7. The number of fused-ring (bicyclic) bond motifs is 1. The number of aromatic nitrogens is 5. The molecule has 0 aromatic carbocycles. The van der Waals surface area contributed by atoms with Gasteiger partial charge in [0.15, 0.2) is 12.3 Å². The predicted octanol–water partition coefficient (Wildman–Crippen LogP) is 3.99. The highest BCUT2D eigenvalue weighted by molar-refractivity contribution is 5.59. The van der Waals surface area contributed by atoms with E-state index in [-0.39, 0.29) is 17.2 Å². The van der Waals surface area contributed by atoms with Crippen LogP contribution in [0.1, 0.15) is 25.1 Å². The molecule has 0 N–H and O–H groups in total. The third-order valence-electron chi connectivity index (χ3n) is 3.58. The van der Waals surface area contributed by atoms with Crippen LogP contribution in [0.25, 0.3) is 16.9 Å². The molecule has 1 fully saturated rings. The summed E-state index contributed by atoms with van der Waals surface area (Å²) in [6.45, 7) is -1.47. The summed E-state index contributed by atoms with van der Waals surface area (Å²) in [6, 6.07) is 2.61. The van der Waals surface area contributed by atoms with E-state index in [2.05, 4.69) is 29.6 Å². The van der Waals surface area contributed by atoms with Gasteiger partial charge in [0.05, 0.1) is 11.9 Å². The minimum absolute atomic E-state index is 0.0681. The number of pyridine rings is 1. The van der Waals surface area contributed by atoms with Crippen LogP contribution in [0.15, 0.2) is 30.7 Å². The topological polar surface area (TPSA) is 74.4 Å². The van der Waals surface area contributed by atoms with Crippen LogP contribution in [0, 0.1) is 0 Å². The van der Waals surface area contributed by atoms with Gasteiger partial charge in [0.25, 0.3) is 0 Å². The second kappa shape index (κ2) is 8.23. The van der Waals surface area contributed by atoms with E-state index in [0.29, 0.717) is 5.56 Å². The molecule has 29 heavy (non-hydrogen) atoms. The van der Waals surface area contributed by atoms with Gasteiger partial charge in [0.1, 0.15) is 0 Å². The molecule has 12 heteroatoms. The fourth-order valence-corrected chi connectivity index (χ4v) is 2.01. The first-order valence-corrected chi connectivity index (χ1v) is 8.50. The first kappa shape index (κ1) is 20.8. The Labute approximate surface area is 161 Å². The van der Waals surface area contributed by atoms with Gasteiger partial charge < -0.3 is 9.47 Å². The molecular weight excluding hydrogens is 401 g/mol. The van der Waals surface area contributed by atoms with Crippen molar-refractivity contribution in [3.05, 3.63) is 36.5 Å². The monoisotopic (exact) mass is 417 g/mol. The second-order valence-electron chi connectivity index (χ2n) is 6.09. The van der Waals surface area contributed by atoms with Crippen molar-refractivity contribution >= 4 is 5.65 Å². The van der Waals surface area contributed by atoms with Crippen LogP contribution in [0.2, 0.25) is 0 Å². The van der Waals surface area contributed by atoms with E-state index in [1.165, 1.54) is 50.0 Å². The molecule has 0 radical (unpaired) electrons. The maximum absolute atomic E-state index is 13.7. The van der Waals surface area contributed by atoms with Crippen LogP contribution in [0.5, 0.6) is 5.88 Å². The van der Waals surface area contributed by atoms with Gasteiger partial charge in [-0.25, -0.2) is 4.98 Å². The van der Waals surface area contributed by atoms with Crippen molar-refractivity contribution in [2.75, 3.05) is 13.7 Å². The van der Waals surface area contributed by atoms with Gasteiger partial charge in [-0.3, -0.25) is 9.38 Å². The fraction of sp³-hybridized carbons (Fsp3) is 0.412. The molecule has 7 nitrogen and oxygen atoms in total. The molecule has 1 aliphatic rings. The molecule has 0 amide bonds. The largest absolute Gasteiger partial charge is 0.468 e. The smallest absolute Gasteiger partial charge is 0.422 e. The van der Waals surface area contributed by atoms with Crippen LogP contribution in [0.3, 0.4) is 0 Å². The molecular formula is C17H16F5N5O2. The Hall–Kier alpha value is -2.89. The standard InChI is InChI=1S/C14H10F5N5O2.C3H6/c1-25-14(18,19)12-23-22-10-5-20-9(6-24(10)12)8-2-3-11(21-4-8)26-7-13(15,16)17;1-2-3-1/h2-6H,7H2,1H3;1-3H2. The van der Waals surface area contributed by atoms with Crippen LogP contribution < -0.4 is 4.74 Å². The van der Waals surface area contributed by atoms with Crippen molar-refractivity contribution in [2.24, 2.45) is 0 Å². The SMILES string of the molecule is C1CC1.COC(F)(F)c1nnc2cnc(-c3ccc(OCC(F)(F)F)nc3)cn12. The Balaban J connectivity index is 0.000000732. The van der Waals surface area contributed by atoms with Crippen molar-refractivity contribution in [3.63, 3.8) is 0 Å². The molecule has 1 saturated carbocycles. The molecule has 0 unspecified atom stereocenters. The van der Waals surface area contributed by atoms with E-state index in [0.717, 1.165) is 11.5 Å². The highest BCUT2D eigenvalue weighted by Crippen LogP contribution is 2.28. The van der Waals surface area contributed by atoms with Gasteiger partial charge in [-0.15, -0.1) is 10.2 Å². The molecule has 0 atom stereocenters. The summed E-state index contributed by atoms with van der Waals surface area (Å²) >= 11 is 0. The van der Waals surface area contributed by atoms with Crippen molar-refractivity contribution in [2.45, 2.75) is 31.5 Å². The number of hydrogen-bond donors (Lipinski definition) is 0. The molecule has 3 aromatic rings. The Kier molecular flexibility index (Phi) is 5.91. The van der Waals surface area contributed by atoms with Crippen LogP contribution in [-0.4, -0.2) is 44.5 Å². The highest BCUT2D eigenvalue weighted by Gasteiger charge is 2.37. The third-order valence-corrected chi connectivity index (χ3v) is 3.58. The van der Waals surface area contributed by atoms with Crippen molar-refractivity contribution < 1.29 is 31.4 Å². The van der Waals surface area contributed by atoms with Crippen molar-refractivity contribution in [1.29, 1.82) is 0 Å². The summed E-state index contributed by atoms with van der Waals surface area (Å²) in [6.07, 6.45) is 0.0186. The third kappa shape index (κ3) is 5.56. The highest BCUT2D eigenvalue weighted by atomic mass is 19.4. The fourth-order valence-electron chi connectivity index (χ4n) is 2.01.